The summed E-state index contributed by atoms with van der Waals surface area (Å²) in [6.07, 6.45) is 0.930. The second kappa shape index (κ2) is 6.28. The summed E-state index contributed by atoms with van der Waals surface area (Å²) in [5.74, 6) is 0.398. The highest BCUT2D eigenvalue weighted by Gasteiger charge is 2.09. The maximum atomic E-state index is 11.7. The first kappa shape index (κ1) is 13.6. The lowest BCUT2D eigenvalue weighted by Gasteiger charge is -2.16. The van der Waals surface area contributed by atoms with Crippen molar-refractivity contribution in [3.8, 4) is 0 Å². The SMILES string of the molecule is CC[C@H](C)NC(=O)Nc1ccccc1C(C)C. The molecule has 3 heteroatoms. The summed E-state index contributed by atoms with van der Waals surface area (Å²) in [5.41, 5.74) is 2.05. The fourth-order valence-electron chi connectivity index (χ4n) is 1.60. The van der Waals surface area contributed by atoms with Gasteiger partial charge in [0.25, 0.3) is 0 Å². The van der Waals surface area contributed by atoms with Crippen molar-refractivity contribution in [2.75, 3.05) is 5.32 Å². The number of nitrogens with one attached hydrogen (secondary N) is 2. The van der Waals surface area contributed by atoms with Crippen LogP contribution in [0.3, 0.4) is 0 Å². The van der Waals surface area contributed by atoms with Crippen LogP contribution in [0.1, 0.15) is 45.6 Å². The zero-order chi connectivity index (χ0) is 12.8. The number of rotatable bonds is 4. The zero-order valence-corrected chi connectivity index (χ0v) is 11.1. The normalized spacial score (nSPS) is 12.3. The third-order valence-corrected chi connectivity index (χ3v) is 2.82. The molecule has 0 aliphatic heterocycles. The van der Waals surface area contributed by atoms with E-state index in [4.69, 9.17) is 0 Å². The number of carbonyl (C=O) groups excluding carboxylic acids is 1. The number of urea groups is 1. The second-order valence-corrected chi connectivity index (χ2v) is 4.65. The first-order chi connectivity index (χ1) is 8.04. The first-order valence-corrected chi connectivity index (χ1v) is 6.21. The fraction of sp³-hybridized carbons (Fsp3) is 0.500. The van der Waals surface area contributed by atoms with Gasteiger partial charge in [0.1, 0.15) is 0 Å². The second-order valence-electron chi connectivity index (χ2n) is 4.65. The topological polar surface area (TPSA) is 41.1 Å². The summed E-state index contributed by atoms with van der Waals surface area (Å²) >= 11 is 0. The van der Waals surface area contributed by atoms with Crippen LogP contribution in [-0.2, 0) is 0 Å². The number of hydrogen-bond donors (Lipinski definition) is 2. The molecule has 0 heterocycles. The van der Waals surface area contributed by atoms with Gasteiger partial charge in [0, 0.05) is 11.7 Å². The van der Waals surface area contributed by atoms with Crippen molar-refractivity contribution < 1.29 is 4.79 Å². The summed E-state index contributed by atoms with van der Waals surface area (Å²) < 4.78 is 0. The molecule has 1 rings (SSSR count). The molecule has 1 aromatic rings. The van der Waals surface area contributed by atoms with Crippen molar-refractivity contribution in [3.63, 3.8) is 0 Å². The smallest absolute Gasteiger partial charge is 0.319 e. The van der Waals surface area contributed by atoms with Gasteiger partial charge in [0.2, 0.25) is 0 Å². The Morgan fingerprint density at radius 2 is 1.88 bits per heavy atom. The third-order valence-electron chi connectivity index (χ3n) is 2.82. The molecule has 0 aromatic heterocycles. The van der Waals surface area contributed by atoms with Crippen molar-refractivity contribution >= 4 is 11.7 Å². The molecule has 0 unspecified atom stereocenters. The summed E-state index contributed by atoms with van der Waals surface area (Å²) in [7, 11) is 0. The van der Waals surface area contributed by atoms with Crippen LogP contribution in [0.25, 0.3) is 0 Å². The van der Waals surface area contributed by atoms with Gasteiger partial charge in [-0.1, -0.05) is 39.0 Å². The van der Waals surface area contributed by atoms with Crippen LogP contribution in [0.5, 0.6) is 0 Å². The third kappa shape index (κ3) is 4.10. The molecule has 0 saturated carbocycles. The quantitative estimate of drug-likeness (QED) is 0.818. The van der Waals surface area contributed by atoms with E-state index in [1.165, 1.54) is 0 Å². The van der Waals surface area contributed by atoms with E-state index >= 15 is 0 Å². The van der Waals surface area contributed by atoms with Gasteiger partial charge in [-0.2, -0.15) is 0 Å². The van der Waals surface area contributed by atoms with E-state index in [0.29, 0.717) is 5.92 Å². The number of carbonyl (C=O) groups is 1. The molecule has 0 spiro atoms. The van der Waals surface area contributed by atoms with Gasteiger partial charge in [-0.3, -0.25) is 0 Å². The average molecular weight is 234 g/mol. The predicted octanol–water partition coefficient (Wildman–Crippen LogP) is 3.73. The van der Waals surface area contributed by atoms with E-state index in [1.807, 2.05) is 38.1 Å². The van der Waals surface area contributed by atoms with Crippen molar-refractivity contribution in [2.45, 2.75) is 46.1 Å². The maximum absolute atomic E-state index is 11.7. The minimum Gasteiger partial charge on any atom is -0.335 e. The minimum atomic E-state index is -0.132. The van der Waals surface area contributed by atoms with E-state index in [-0.39, 0.29) is 12.1 Å². The van der Waals surface area contributed by atoms with Crippen LogP contribution in [0.2, 0.25) is 0 Å². The van der Waals surface area contributed by atoms with Crippen molar-refractivity contribution in [3.05, 3.63) is 29.8 Å². The zero-order valence-electron chi connectivity index (χ0n) is 11.1. The Bertz CT molecular complexity index is 374. The molecule has 17 heavy (non-hydrogen) atoms. The standard InChI is InChI=1S/C14H22N2O/c1-5-11(4)15-14(17)16-13-9-7-6-8-12(13)10(2)3/h6-11H,5H2,1-4H3,(H2,15,16,17)/t11-/m0/s1. The van der Waals surface area contributed by atoms with Crippen molar-refractivity contribution in [1.29, 1.82) is 0 Å². The Kier molecular flexibility index (Phi) is 5.01. The van der Waals surface area contributed by atoms with E-state index in [9.17, 15) is 4.79 Å². The monoisotopic (exact) mass is 234 g/mol. The van der Waals surface area contributed by atoms with Crippen LogP contribution >= 0.6 is 0 Å². The largest absolute Gasteiger partial charge is 0.335 e. The Labute approximate surface area is 104 Å². The summed E-state index contributed by atoms with van der Waals surface area (Å²) in [6.45, 7) is 8.28. The summed E-state index contributed by atoms with van der Waals surface area (Å²) in [6, 6.07) is 7.97. The Morgan fingerprint density at radius 1 is 1.24 bits per heavy atom. The van der Waals surface area contributed by atoms with Crippen LogP contribution < -0.4 is 10.6 Å². The number of hydrogen-bond acceptors (Lipinski definition) is 1. The highest BCUT2D eigenvalue weighted by molar-refractivity contribution is 5.90. The van der Waals surface area contributed by atoms with E-state index in [1.54, 1.807) is 0 Å². The average Bonchev–Trinajstić information content (AvgIpc) is 2.29. The van der Waals surface area contributed by atoms with Gasteiger partial charge in [-0.05, 0) is 30.9 Å². The van der Waals surface area contributed by atoms with Crippen LogP contribution in [0.15, 0.2) is 24.3 Å². The van der Waals surface area contributed by atoms with Gasteiger partial charge in [0.15, 0.2) is 0 Å². The molecular formula is C14H22N2O. The molecule has 94 valence electrons. The molecule has 2 N–H and O–H groups in total. The van der Waals surface area contributed by atoms with E-state index in [0.717, 1.165) is 17.7 Å². The molecule has 0 saturated heterocycles. The lowest BCUT2D eigenvalue weighted by atomic mass is 10.0. The van der Waals surface area contributed by atoms with Crippen molar-refractivity contribution in [2.24, 2.45) is 0 Å². The van der Waals surface area contributed by atoms with Gasteiger partial charge in [0.05, 0.1) is 0 Å². The van der Waals surface area contributed by atoms with E-state index < -0.39 is 0 Å². The molecule has 0 aliphatic carbocycles. The number of anilines is 1. The van der Waals surface area contributed by atoms with Crippen LogP contribution in [-0.4, -0.2) is 12.1 Å². The van der Waals surface area contributed by atoms with Crippen LogP contribution in [0.4, 0.5) is 10.5 Å². The molecule has 0 aliphatic rings. The van der Waals surface area contributed by atoms with Crippen LogP contribution in [0, 0.1) is 0 Å². The summed E-state index contributed by atoms with van der Waals surface area (Å²) in [4.78, 5) is 11.7. The van der Waals surface area contributed by atoms with Gasteiger partial charge in [-0.15, -0.1) is 0 Å². The lowest BCUT2D eigenvalue weighted by molar-refractivity contribution is 0.249. The van der Waals surface area contributed by atoms with Gasteiger partial charge in [-0.25, -0.2) is 4.79 Å². The molecule has 1 atom stereocenters. The number of para-hydroxylation sites is 1. The minimum absolute atomic E-state index is 0.132. The summed E-state index contributed by atoms with van der Waals surface area (Å²) in [5, 5.41) is 5.80. The first-order valence-electron chi connectivity index (χ1n) is 6.21. The number of benzene rings is 1. The Hall–Kier alpha value is -1.51. The Balaban J connectivity index is 2.71. The lowest BCUT2D eigenvalue weighted by Crippen LogP contribution is -2.35. The van der Waals surface area contributed by atoms with Crippen molar-refractivity contribution in [1.82, 2.24) is 5.32 Å². The molecule has 3 nitrogen and oxygen atoms in total. The maximum Gasteiger partial charge on any atom is 0.319 e. The molecule has 0 radical (unpaired) electrons. The molecule has 1 aromatic carbocycles. The number of amides is 2. The molecular weight excluding hydrogens is 212 g/mol. The van der Waals surface area contributed by atoms with Gasteiger partial charge < -0.3 is 10.6 Å². The van der Waals surface area contributed by atoms with Gasteiger partial charge >= 0.3 is 6.03 Å². The Morgan fingerprint density at radius 3 is 2.47 bits per heavy atom. The highest BCUT2D eigenvalue weighted by Crippen LogP contribution is 2.23. The predicted molar refractivity (Wildman–Crippen MR) is 72.4 cm³/mol. The highest BCUT2D eigenvalue weighted by atomic mass is 16.2. The van der Waals surface area contributed by atoms with E-state index in [2.05, 4.69) is 24.5 Å². The fourth-order valence-corrected chi connectivity index (χ4v) is 1.60. The molecule has 0 fully saturated rings. The molecule has 0 bridgehead atoms. The molecule has 2 amide bonds.